The zero-order valence-electron chi connectivity index (χ0n) is 13.7. The van der Waals surface area contributed by atoms with Crippen molar-refractivity contribution < 1.29 is 9.32 Å². The SMILES string of the molecule is Cc1nc([C@H](C)NC(=O)[C@@H]2C[C@H]2c2cccc3ccccc23)no1. The van der Waals surface area contributed by atoms with Crippen LogP contribution in [-0.2, 0) is 4.79 Å². The molecule has 3 aromatic rings. The molecule has 5 heteroatoms. The van der Waals surface area contributed by atoms with Crippen LogP contribution in [0.3, 0.4) is 0 Å². The molecule has 5 nitrogen and oxygen atoms in total. The van der Waals surface area contributed by atoms with E-state index in [0.717, 1.165) is 6.42 Å². The van der Waals surface area contributed by atoms with Crippen LogP contribution in [0.2, 0.25) is 0 Å². The lowest BCUT2D eigenvalue weighted by molar-refractivity contribution is -0.123. The molecule has 0 bridgehead atoms. The molecule has 0 aliphatic heterocycles. The van der Waals surface area contributed by atoms with E-state index in [1.54, 1.807) is 6.92 Å². The van der Waals surface area contributed by atoms with Gasteiger partial charge < -0.3 is 9.84 Å². The number of carbonyl (C=O) groups is 1. The van der Waals surface area contributed by atoms with Crippen molar-refractivity contribution >= 4 is 16.7 Å². The van der Waals surface area contributed by atoms with Crippen LogP contribution in [-0.4, -0.2) is 16.0 Å². The van der Waals surface area contributed by atoms with Gasteiger partial charge in [-0.15, -0.1) is 0 Å². The molecule has 4 rings (SSSR count). The summed E-state index contributed by atoms with van der Waals surface area (Å²) in [6.07, 6.45) is 0.887. The first kappa shape index (κ1) is 14.9. The zero-order valence-corrected chi connectivity index (χ0v) is 13.7. The van der Waals surface area contributed by atoms with Gasteiger partial charge in [-0.1, -0.05) is 47.6 Å². The molecule has 1 aliphatic rings. The van der Waals surface area contributed by atoms with Crippen molar-refractivity contribution in [2.75, 3.05) is 0 Å². The highest BCUT2D eigenvalue weighted by Crippen LogP contribution is 2.49. The fraction of sp³-hybridized carbons (Fsp3) is 0.316. The predicted octanol–water partition coefficient (Wildman–Crippen LogP) is 3.51. The Morgan fingerprint density at radius 1 is 1.25 bits per heavy atom. The molecule has 0 radical (unpaired) electrons. The number of amides is 1. The van der Waals surface area contributed by atoms with Crippen LogP contribution in [0.4, 0.5) is 0 Å². The summed E-state index contributed by atoms with van der Waals surface area (Å²) in [5, 5.41) is 9.32. The number of hydrogen-bond donors (Lipinski definition) is 1. The Morgan fingerprint density at radius 3 is 2.83 bits per heavy atom. The zero-order chi connectivity index (χ0) is 16.7. The van der Waals surface area contributed by atoms with Crippen LogP contribution in [0.5, 0.6) is 0 Å². The van der Waals surface area contributed by atoms with Crippen molar-refractivity contribution in [2.24, 2.45) is 5.92 Å². The van der Waals surface area contributed by atoms with E-state index in [-0.39, 0.29) is 23.8 Å². The molecule has 0 spiro atoms. The van der Waals surface area contributed by atoms with Crippen LogP contribution in [0, 0.1) is 12.8 Å². The molecule has 0 saturated heterocycles. The molecular formula is C19H19N3O2. The number of benzene rings is 2. The van der Waals surface area contributed by atoms with E-state index >= 15 is 0 Å². The minimum absolute atomic E-state index is 0.0197. The molecule has 122 valence electrons. The largest absolute Gasteiger partial charge is 0.346 e. The molecule has 1 amide bonds. The normalized spacial score (nSPS) is 20.8. The lowest BCUT2D eigenvalue weighted by atomic mass is 10.00. The van der Waals surface area contributed by atoms with Gasteiger partial charge in [0.1, 0.15) is 0 Å². The highest BCUT2D eigenvalue weighted by atomic mass is 16.5. The van der Waals surface area contributed by atoms with Gasteiger partial charge in [-0.3, -0.25) is 4.79 Å². The van der Waals surface area contributed by atoms with Gasteiger partial charge in [-0.2, -0.15) is 4.98 Å². The van der Waals surface area contributed by atoms with E-state index in [4.69, 9.17) is 4.52 Å². The fourth-order valence-electron chi connectivity index (χ4n) is 3.28. The first-order valence-corrected chi connectivity index (χ1v) is 8.21. The standard InChI is InChI=1S/C19H19N3O2/c1-11(18-21-12(2)24-22-18)20-19(23)17-10-16(17)15-9-5-7-13-6-3-4-8-14(13)15/h3-9,11,16-17H,10H2,1-2H3,(H,20,23)/t11-,16-,17+/m0/s1. The molecule has 1 N–H and O–H groups in total. The molecule has 1 heterocycles. The number of nitrogens with one attached hydrogen (secondary N) is 1. The molecule has 2 aromatic carbocycles. The maximum absolute atomic E-state index is 12.5. The molecule has 1 aliphatic carbocycles. The number of aryl methyl sites for hydroxylation is 1. The van der Waals surface area contributed by atoms with Gasteiger partial charge in [-0.25, -0.2) is 0 Å². The Balaban J connectivity index is 1.48. The third-order valence-corrected chi connectivity index (χ3v) is 4.64. The van der Waals surface area contributed by atoms with Crippen molar-refractivity contribution in [3.63, 3.8) is 0 Å². The second-order valence-electron chi connectivity index (χ2n) is 6.42. The van der Waals surface area contributed by atoms with E-state index in [0.29, 0.717) is 11.7 Å². The minimum atomic E-state index is -0.247. The average Bonchev–Trinajstić information content (AvgIpc) is 3.27. The second kappa shape index (κ2) is 5.74. The third-order valence-electron chi connectivity index (χ3n) is 4.64. The Kier molecular flexibility index (Phi) is 3.56. The van der Waals surface area contributed by atoms with Crippen molar-refractivity contribution in [1.29, 1.82) is 0 Å². The van der Waals surface area contributed by atoms with Crippen LogP contribution in [0.25, 0.3) is 10.8 Å². The number of fused-ring (bicyclic) bond motifs is 1. The van der Waals surface area contributed by atoms with Crippen LogP contribution >= 0.6 is 0 Å². The van der Waals surface area contributed by atoms with E-state index in [2.05, 4.69) is 45.8 Å². The number of carbonyl (C=O) groups excluding carboxylic acids is 1. The maximum atomic E-state index is 12.5. The summed E-state index contributed by atoms with van der Waals surface area (Å²) >= 11 is 0. The fourth-order valence-corrected chi connectivity index (χ4v) is 3.28. The van der Waals surface area contributed by atoms with Crippen molar-refractivity contribution in [2.45, 2.75) is 32.2 Å². The van der Waals surface area contributed by atoms with Crippen LogP contribution in [0.1, 0.15) is 42.6 Å². The Bertz CT molecular complexity index is 897. The van der Waals surface area contributed by atoms with Crippen molar-refractivity contribution in [3.8, 4) is 0 Å². The number of nitrogens with zero attached hydrogens (tertiary/aromatic N) is 2. The van der Waals surface area contributed by atoms with Gasteiger partial charge in [0, 0.05) is 12.8 Å². The topological polar surface area (TPSA) is 68.0 Å². The van der Waals surface area contributed by atoms with Crippen molar-refractivity contribution in [3.05, 3.63) is 59.7 Å². The van der Waals surface area contributed by atoms with E-state index < -0.39 is 0 Å². The van der Waals surface area contributed by atoms with Gasteiger partial charge in [0.2, 0.25) is 11.8 Å². The van der Waals surface area contributed by atoms with E-state index in [1.807, 2.05) is 19.1 Å². The van der Waals surface area contributed by atoms with Crippen LogP contribution < -0.4 is 5.32 Å². The minimum Gasteiger partial charge on any atom is -0.346 e. The average molecular weight is 321 g/mol. The highest BCUT2D eigenvalue weighted by Gasteiger charge is 2.45. The maximum Gasteiger partial charge on any atom is 0.224 e. The first-order valence-electron chi connectivity index (χ1n) is 8.21. The monoisotopic (exact) mass is 321 g/mol. The summed E-state index contributed by atoms with van der Waals surface area (Å²) in [7, 11) is 0. The molecular weight excluding hydrogens is 302 g/mol. The molecule has 3 atom stereocenters. The Labute approximate surface area is 140 Å². The summed E-state index contributed by atoms with van der Waals surface area (Å²) in [5.41, 5.74) is 1.26. The second-order valence-corrected chi connectivity index (χ2v) is 6.42. The summed E-state index contributed by atoms with van der Waals surface area (Å²) in [5.74, 6) is 1.39. The Hall–Kier alpha value is -2.69. The van der Waals surface area contributed by atoms with E-state index in [1.165, 1.54) is 16.3 Å². The van der Waals surface area contributed by atoms with Gasteiger partial charge in [0.15, 0.2) is 5.82 Å². The smallest absolute Gasteiger partial charge is 0.224 e. The van der Waals surface area contributed by atoms with Gasteiger partial charge in [-0.05, 0) is 35.6 Å². The molecule has 24 heavy (non-hydrogen) atoms. The number of rotatable bonds is 4. The quantitative estimate of drug-likeness (QED) is 0.798. The van der Waals surface area contributed by atoms with Crippen molar-refractivity contribution in [1.82, 2.24) is 15.5 Å². The molecule has 0 unspecified atom stereocenters. The highest BCUT2D eigenvalue weighted by molar-refractivity contribution is 5.89. The van der Waals surface area contributed by atoms with Gasteiger partial charge >= 0.3 is 0 Å². The summed E-state index contributed by atoms with van der Waals surface area (Å²) in [6.45, 7) is 3.61. The predicted molar refractivity (Wildman–Crippen MR) is 90.4 cm³/mol. The van der Waals surface area contributed by atoms with Crippen LogP contribution in [0.15, 0.2) is 47.0 Å². The molecule has 1 fully saturated rings. The summed E-state index contributed by atoms with van der Waals surface area (Å²) < 4.78 is 4.97. The summed E-state index contributed by atoms with van der Waals surface area (Å²) in [6, 6.07) is 14.4. The van der Waals surface area contributed by atoms with Gasteiger partial charge in [0.25, 0.3) is 0 Å². The first-order chi connectivity index (χ1) is 11.6. The van der Waals surface area contributed by atoms with Gasteiger partial charge in [0.05, 0.1) is 6.04 Å². The third kappa shape index (κ3) is 2.66. The molecule has 1 aromatic heterocycles. The lowest BCUT2D eigenvalue weighted by Gasteiger charge is -2.10. The number of aromatic nitrogens is 2. The number of hydrogen-bond acceptors (Lipinski definition) is 4. The summed E-state index contributed by atoms with van der Waals surface area (Å²) in [4.78, 5) is 16.7. The van der Waals surface area contributed by atoms with E-state index in [9.17, 15) is 4.79 Å². The Morgan fingerprint density at radius 2 is 2.04 bits per heavy atom. The molecule has 1 saturated carbocycles. The lowest BCUT2D eigenvalue weighted by Crippen LogP contribution is -2.29.